The average Bonchev–Trinajstić information content (AvgIpc) is 2.73. The first kappa shape index (κ1) is 13.6. The number of nitrogens with one attached hydrogen (secondary N) is 1. The van der Waals surface area contributed by atoms with E-state index in [4.69, 9.17) is 0 Å². The van der Waals surface area contributed by atoms with Crippen molar-refractivity contribution in [2.75, 3.05) is 6.54 Å². The standard InChI is InChI=1S/C14H25N3O/c1-12-8-16-17(9-12)10-13(2)15-11-14(18)6-4-3-5-7-14/h8-9,13,15,18H,3-7,10-11H2,1-2H3/t13-/m0/s1. The molecule has 1 heterocycles. The molecule has 102 valence electrons. The van der Waals surface area contributed by atoms with Crippen molar-refractivity contribution < 1.29 is 5.11 Å². The van der Waals surface area contributed by atoms with E-state index in [1.54, 1.807) is 0 Å². The van der Waals surface area contributed by atoms with Crippen LogP contribution in [0.2, 0.25) is 0 Å². The Morgan fingerprint density at radius 1 is 1.44 bits per heavy atom. The fraction of sp³-hybridized carbons (Fsp3) is 0.786. The van der Waals surface area contributed by atoms with Crippen LogP contribution in [0, 0.1) is 6.92 Å². The Balaban J connectivity index is 1.75. The van der Waals surface area contributed by atoms with E-state index in [2.05, 4.69) is 17.3 Å². The van der Waals surface area contributed by atoms with Gasteiger partial charge in [0.25, 0.3) is 0 Å². The van der Waals surface area contributed by atoms with Gasteiger partial charge < -0.3 is 10.4 Å². The zero-order valence-electron chi connectivity index (χ0n) is 11.5. The molecule has 0 unspecified atom stereocenters. The summed E-state index contributed by atoms with van der Waals surface area (Å²) in [6.45, 7) is 5.74. The van der Waals surface area contributed by atoms with Crippen LogP contribution in [0.15, 0.2) is 12.4 Å². The summed E-state index contributed by atoms with van der Waals surface area (Å²) in [5, 5.41) is 18.1. The van der Waals surface area contributed by atoms with Gasteiger partial charge in [-0.15, -0.1) is 0 Å². The van der Waals surface area contributed by atoms with E-state index in [-0.39, 0.29) is 0 Å². The first-order valence-corrected chi connectivity index (χ1v) is 7.02. The van der Waals surface area contributed by atoms with Crippen molar-refractivity contribution >= 4 is 0 Å². The van der Waals surface area contributed by atoms with E-state index in [9.17, 15) is 5.11 Å². The van der Waals surface area contributed by atoms with Crippen molar-refractivity contribution in [3.63, 3.8) is 0 Å². The van der Waals surface area contributed by atoms with Crippen molar-refractivity contribution in [2.45, 2.75) is 64.1 Å². The molecule has 4 nitrogen and oxygen atoms in total. The van der Waals surface area contributed by atoms with Crippen molar-refractivity contribution in [2.24, 2.45) is 0 Å². The zero-order chi connectivity index (χ0) is 13.0. The molecule has 0 amide bonds. The highest BCUT2D eigenvalue weighted by atomic mass is 16.3. The number of aliphatic hydroxyl groups is 1. The highest BCUT2D eigenvalue weighted by Gasteiger charge is 2.29. The van der Waals surface area contributed by atoms with Crippen LogP contribution in [0.1, 0.15) is 44.6 Å². The lowest BCUT2D eigenvalue weighted by Gasteiger charge is -2.33. The monoisotopic (exact) mass is 251 g/mol. The molecule has 0 aromatic carbocycles. The quantitative estimate of drug-likeness (QED) is 0.840. The summed E-state index contributed by atoms with van der Waals surface area (Å²) < 4.78 is 1.96. The van der Waals surface area contributed by atoms with Crippen LogP contribution in [0.5, 0.6) is 0 Å². The van der Waals surface area contributed by atoms with E-state index >= 15 is 0 Å². The molecule has 0 bridgehead atoms. The van der Waals surface area contributed by atoms with Gasteiger partial charge in [-0.05, 0) is 32.3 Å². The van der Waals surface area contributed by atoms with Crippen LogP contribution in [0.25, 0.3) is 0 Å². The summed E-state index contributed by atoms with van der Waals surface area (Å²) in [7, 11) is 0. The van der Waals surface area contributed by atoms with Crippen LogP contribution < -0.4 is 5.32 Å². The van der Waals surface area contributed by atoms with Gasteiger partial charge in [0.15, 0.2) is 0 Å². The topological polar surface area (TPSA) is 50.1 Å². The Morgan fingerprint density at radius 2 is 2.17 bits per heavy atom. The predicted octanol–water partition coefficient (Wildman–Crippen LogP) is 1.86. The van der Waals surface area contributed by atoms with Gasteiger partial charge in [-0.2, -0.15) is 5.10 Å². The van der Waals surface area contributed by atoms with Crippen LogP contribution in [0.3, 0.4) is 0 Å². The van der Waals surface area contributed by atoms with Crippen molar-refractivity contribution in [3.05, 3.63) is 18.0 Å². The second kappa shape index (κ2) is 5.85. The molecule has 1 aromatic rings. The maximum absolute atomic E-state index is 10.4. The average molecular weight is 251 g/mol. The van der Waals surface area contributed by atoms with Gasteiger partial charge in [0, 0.05) is 18.8 Å². The summed E-state index contributed by atoms with van der Waals surface area (Å²) in [4.78, 5) is 0. The minimum atomic E-state index is -0.480. The summed E-state index contributed by atoms with van der Waals surface area (Å²) in [6.07, 6.45) is 9.39. The summed E-state index contributed by atoms with van der Waals surface area (Å²) >= 11 is 0. The van der Waals surface area contributed by atoms with Gasteiger partial charge in [-0.25, -0.2) is 0 Å². The second-order valence-corrected chi connectivity index (χ2v) is 5.81. The Morgan fingerprint density at radius 3 is 2.78 bits per heavy atom. The zero-order valence-corrected chi connectivity index (χ0v) is 11.5. The molecule has 1 aliphatic rings. The third kappa shape index (κ3) is 3.82. The molecule has 0 radical (unpaired) electrons. The third-order valence-electron chi connectivity index (χ3n) is 3.79. The fourth-order valence-electron chi connectivity index (χ4n) is 2.66. The molecule has 2 rings (SSSR count). The Bertz CT molecular complexity index is 369. The fourth-order valence-corrected chi connectivity index (χ4v) is 2.66. The van der Waals surface area contributed by atoms with E-state index < -0.39 is 5.60 Å². The van der Waals surface area contributed by atoms with E-state index in [1.165, 1.54) is 12.0 Å². The highest BCUT2D eigenvalue weighted by Crippen LogP contribution is 2.27. The molecule has 0 spiro atoms. The molecule has 1 atom stereocenters. The predicted molar refractivity (Wildman–Crippen MR) is 72.5 cm³/mol. The molecular weight excluding hydrogens is 226 g/mol. The largest absolute Gasteiger partial charge is 0.389 e. The molecule has 0 aliphatic heterocycles. The maximum atomic E-state index is 10.4. The van der Waals surface area contributed by atoms with Crippen LogP contribution in [-0.4, -0.2) is 33.1 Å². The maximum Gasteiger partial charge on any atom is 0.0771 e. The lowest BCUT2D eigenvalue weighted by Crippen LogP contribution is -2.46. The molecule has 4 heteroatoms. The summed E-state index contributed by atoms with van der Waals surface area (Å²) in [6, 6.07) is 0.329. The molecule has 1 saturated carbocycles. The van der Waals surface area contributed by atoms with Gasteiger partial charge in [-0.1, -0.05) is 19.3 Å². The van der Waals surface area contributed by atoms with Crippen LogP contribution in [0.4, 0.5) is 0 Å². The van der Waals surface area contributed by atoms with Crippen molar-refractivity contribution in [1.82, 2.24) is 15.1 Å². The SMILES string of the molecule is Cc1cnn(C[C@H](C)NCC2(O)CCCCC2)c1. The third-order valence-corrected chi connectivity index (χ3v) is 3.79. The van der Waals surface area contributed by atoms with Crippen LogP contribution >= 0.6 is 0 Å². The smallest absolute Gasteiger partial charge is 0.0771 e. The van der Waals surface area contributed by atoms with Crippen molar-refractivity contribution in [3.8, 4) is 0 Å². The first-order valence-electron chi connectivity index (χ1n) is 7.02. The van der Waals surface area contributed by atoms with E-state index in [0.717, 1.165) is 32.2 Å². The van der Waals surface area contributed by atoms with Crippen molar-refractivity contribution in [1.29, 1.82) is 0 Å². The number of aryl methyl sites for hydroxylation is 1. The number of hydrogen-bond donors (Lipinski definition) is 2. The number of hydrogen-bond acceptors (Lipinski definition) is 3. The number of nitrogens with zero attached hydrogens (tertiary/aromatic N) is 2. The van der Waals surface area contributed by atoms with E-state index in [0.29, 0.717) is 12.6 Å². The lowest BCUT2D eigenvalue weighted by atomic mass is 9.85. The Hall–Kier alpha value is -0.870. The molecule has 18 heavy (non-hydrogen) atoms. The van der Waals surface area contributed by atoms with Gasteiger partial charge >= 0.3 is 0 Å². The Kier molecular flexibility index (Phi) is 4.40. The molecular formula is C14H25N3O. The highest BCUT2D eigenvalue weighted by molar-refractivity contribution is 4.99. The Labute approximate surface area is 109 Å². The van der Waals surface area contributed by atoms with Crippen LogP contribution in [-0.2, 0) is 6.54 Å². The first-order chi connectivity index (χ1) is 8.57. The van der Waals surface area contributed by atoms with Gasteiger partial charge in [-0.3, -0.25) is 4.68 Å². The molecule has 1 aliphatic carbocycles. The second-order valence-electron chi connectivity index (χ2n) is 5.81. The molecule has 1 aromatic heterocycles. The summed E-state index contributed by atoms with van der Waals surface area (Å²) in [5.41, 5.74) is 0.708. The number of aromatic nitrogens is 2. The molecule has 2 N–H and O–H groups in total. The van der Waals surface area contributed by atoms with E-state index in [1.807, 2.05) is 24.0 Å². The van der Waals surface area contributed by atoms with Gasteiger partial charge in [0.2, 0.25) is 0 Å². The molecule has 0 saturated heterocycles. The van der Waals surface area contributed by atoms with Gasteiger partial charge in [0.1, 0.15) is 0 Å². The normalized spacial score (nSPS) is 20.8. The van der Waals surface area contributed by atoms with Gasteiger partial charge in [0.05, 0.1) is 18.3 Å². The summed E-state index contributed by atoms with van der Waals surface area (Å²) in [5.74, 6) is 0. The molecule has 1 fully saturated rings. The minimum Gasteiger partial charge on any atom is -0.389 e. The minimum absolute atomic E-state index is 0.329. The lowest BCUT2D eigenvalue weighted by molar-refractivity contribution is 0.00259. The number of rotatable bonds is 5.